The van der Waals surface area contributed by atoms with Crippen molar-refractivity contribution < 1.29 is 61.7 Å². The summed E-state index contributed by atoms with van der Waals surface area (Å²) in [7, 11) is 2.27. The number of nitrogens with two attached hydrogens (primary N) is 1. The average molecular weight is 841 g/mol. The number of anilines is 1. The number of hydrogen-bond acceptors (Lipinski definition) is 16. The van der Waals surface area contributed by atoms with Gasteiger partial charge in [-0.2, -0.15) is 0 Å². The Hall–Kier alpha value is -6.60. The molecule has 20 heteroatoms. The van der Waals surface area contributed by atoms with Crippen molar-refractivity contribution in [2.75, 3.05) is 20.0 Å². The number of esters is 4. The lowest BCUT2D eigenvalue weighted by atomic mass is 9.98. The summed E-state index contributed by atoms with van der Waals surface area (Å²) in [6.45, 7) is 14.4. The predicted molar refractivity (Wildman–Crippen MR) is 213 cm³/mol. The molecule has 1 heterocycles. The quantitative estimate of drug-likeness (QED) is 0.0586. The lowest BCUT2D eigenvalue weighted by Gasteiger charge is -2.28. The van der Waals surface area contributed by atoms with Crippen LogP contribution in [0.4, 0.5) is 5.69 Å². The Labute approximate surface area is 345 Å². The topological polar surface area (TPSA) is 291 Å². The number of fused-ring (bicyclic) bond motifs is 2. The van der Waals surface area contributed by atoms with Crippen molar-refractivity contribution in [1.82, 2.24) is 26.3 Å². The Kier molecular flexibility index (Phi) is 15.8. The Morgan fingerprint density at radius 1 is 0.683 bits per heavy atom. The Bertz CT molecular complexity index is 2220. The maximum absolute atomic E-state index is 14.2. The van der Waals surface area contributed by atoms with Crippen LogP contribution in [0.5, 0.6) is 0 Å². The fourth-order valence-corrected chi connectivity index (χ4v) is 6.23. The van der Waals surface area contributed by atoms with Crippen molar-refractivity contribution in [1.29, 1.82) is 0 Å². The first kappa shape index (κ1) is 47.8. The van der Waals surface area contributed by atoms with Crippen LogP contribution in [0.2, 0.25) is 0 Å². The van der Waals surface area contributed by atoms with E-state index >= 15 is 0 Å². The first-order valence-corrected chi connectivity index (χ1v) is 18.9. The molecule has 0 fully saturated rings. The van der Waals surface area contributed by atoms with Crippen LogP contribution in [0.25, 0.3) is 22.6 Å². The molecule has 0 saturated heterocycles. The van der Waals surface area contributed by atoms with Gasteiger partial charge in [-0.05, 0) is 51.2 Å². The van der Waals surface area contributed by atoms with Gasteiger partial charge in [-0.1, -0.05) is 33.8 Å². The minimum Gasteiger partial charge on any atom is -0.467 e. The third-order valence-electron chi connectivity index (χ3n) is 9.49. The number of nitrogens with one attached hydrogen (secondary N) is 4. The van der Waals surface area contributed by atoms with E-state index in [0.29, 0.717) is 5.56 Å². The van der Waals surface area contributed by atoms with Gasteiger partial charge in [0.1, 0.15) is 47.6 Å². The van der Waals surface area contributed by atoms with Gasteiger partial charge in [0.15, 0.2) is 11.3 Å². The third kappa shape index (κ3) is 10.7. The molecule has 60 heavy (non-hydrogen) atoms. The van der Waals surface area contributed by atoms with Crippen LogP contribution in [0.3, 0.4) is 0 Å². The summed E-state index contributed by atoms with van der Waals surface area (Å²) in [6, 6.07) is -2.69. The number of nitrogen functional groups attached to an aromatic ring is 1. The molecule has 0 saturated carbocycles. The van der Waals surface area contributed by atoms with E-state index < -0.39 is 112 Å². The van der Waals surface area contributed by atoms with Gasteiger partial charge in [0.05, 0.1) is 31.0 Å². The number of amides is 4. The van der Waals surface area contributed by atoms with Crippen LogP contribution in [0.15, 0.2) is 21.3 Å². The average Bonchev–Trinajstić information content (AvgIpc) is 3.17. The standard InChI is InChI=1S/C40H52N6O14/c1-15(2)26(39(54)56-11)43-37(52)28(19(7)58-21(9)47)45-35(50)23-14-13-17(5)33-30(23)42-31-24(25(41)32(49)18(6)34(31)60-33)36(51)46-29(20(8)59-22(10)48)38(53)44-27(16(3)4)40(55)57-12/h13-16,19-20,26-29H,41H2,1-12H3,(H,43,52)(H,44,53)(H,45,50)(H,46,51)/t19?,20-,26?,27-,28?,29+/m1/s1. The zero-order chi connectivity index (χ0) is 45.5. The SMILES string of the molecule is COC(=O)C(NC(=O)C(NC(=O)c1ccc(C)c2oc3c(C)c(=O)c(N)c(C(=O)N[C@H](C(=O)N[C@@H](C(=O)OC)C(C)C)[C@@H](C)OC(C)=O)c-3nc12)C(C)OC(C)=O)C(C)C. The van der Waals surface area contributed by atoms with E-state index in [-0.39, 0.29) is 33.7 Å². The van der Waals surface area contributed by atoms with Crippen LogP contribution >= 0.6 is 0 Å². The van der Waals surface area contributed by atoms with Crippen molar-refractivity contribution >= 4 is 64.3 Å². The largest absolute Gasteiger partial charge is 0.467 e. The highest BCUT2D eigenvalue weighted by atomic mass is 16.6. The maximum atomic E-state index is 14.2. The van der Waals surface area contributed by atoms with Crippen LogP contribution in [-0.4, -0.2) is 103 Å². The van der Waals surface area contributed by atoms with E-state index in [9.17, 15) is 43.2 Å². The van der Waals surface area contributed by atoms with E-state index in [1.807, 2.05) is 0 Å². The number of hydrogen-bond donors (Lipinski definition) is 5. The van der Waals surface area contributed by atoms with Crippen LogP contribution in [-0.2, 0) is 47.7 Å². The lowest BCUT2D eigenvalue weighted by molar-refractivity contribution is -0.151. The first-order valence-electron chi connectivity index (χ1n) is 18.9. The molecule has 0 bridgehead atoms. The second-order valence-corrected chi connectivity index (χ2v) is 14.8. The molecular formula is C40H52N6O14. The number of aryl methyl sites for hydroxylation is 1. The lowest BCUT2D eigenvalue weighted by Crippen LogP contribution is -2.57. The van der Waals surface area contributed by atoms with Gasteiger partial charge >= 0.3 is 23.9 Å². The van der Waals surface area contributed by atoms with Crippen molar-refractivity contribution in [3.05, 3.63) is 44.6 Å². The molecule has 0 spiro atoms. The van der Waals surface area contributed by atoms with E-state index in [1.54, 1.807) is 34.6 Å². The van der Waals surface area contributed by atoms with Crippen LogP contribution < -0.4 is 32.4 Å². The second-order valence-electron chi connectivity index (χ2n) is 14.8. The van der Waals surface area contributed by atoms with Crippen molar-refractivity contribution in [3.8, 4) is 11.5 Å². The minimum atomic E-state index is -1.67. The van der Waals surface area contributed by atoms with E-state index in [0.717, 1.165) is 28.1 Å². The number of nitrogens with zero attached hydrogens (tertiary/aromatic N) is 1. The normalized spacial score (nSPS) is 14.2. The molecular weight excluding hydrogens is 788 g/mol. The number of carbonyl (C=O) groups is 8. The van der Waals surface area contributed by atoms with Gasteiger partial charge in [0.2, 0.25) is 17.2 Å². The fraction of sp³-hybridized carbons (Fsp3) is 0.500. The molecule has 0 radical (unpaired) electrons. The number of methoxy groups -OCH3 is 2. The Morgan fingerprint density at radius 2 is 1.13 bits per heavy atom. The van der Waals surface area contributed by atoms with E-state index in [4.69, 9.17) is 29.1 Å². The predicted octanol–water partition coefficient (Wildman–Crippen LogP) is 1.22. The van der Waals surface area contributed by atoms with Gasteiger partial charge in [-0.3, -0.25) is 33.6 Å². The Morgan fingerprint density at radius 3 is 1.55 bits per heavy atom. The van der Waals surface area contributed by atoms with E-state index in [2.05, 4.69) is 26.3 Å². The van der Waals surface area contributed by atoms with Gasteiger partial charge in [0.25, 0.3) is 11.8 Å². The van der Waals surface area contributed by atoms with Crippen LogP contribution in [0, 0.1) is 25.7 Å². The molecule has 1 aliphatic heterocycles. The van der Waals surface area contributed by atoms with Crippen molar-refractivity contribution in [2.24, 2.45) is 11.8 Å². The van der Waals surface area contributed by atoms with Gasteiger partial charge in [0, 0.05) is 19.4 Å². The monoisotopic (exact) mass is 840 g/mol. The van der Waals surface area contributed by atoms with Crippen molar-refractivity contribution in [2.45, 2.75) is 106 Å². The van der Waals surface area contributed by atoms with Gasteiger partial charge in [-0.25, -0.2) is 14.6 Å². The van der Waals surface area contributed by atoms with E-state index in [1.165, 1.54) is 32.9 Å². The summed E-state index contributed by atoms with van der Waals surface area (Å²) in [5.74, 6) is -8.14. The minimum absolute atomic E-state index is 0.00310. The Balaban J connectivity index is 2.24. The summed E-state index contributed by atoms with van der Waals surface area (Å²) in [4.78, 5) is 123. The second kappa shape index (κ2) is 19.9. The highest BCUT2D eigenvalue weighted by molar-refractivity contribution is 6.10. The van der Waals surface area contributed by atoms with Crippen molar-refractivity contribution in [3.63, 3.8) is 0 Å². The summed E-state index contributed by atoms with van der Waals surface area (Å²) in [6.07, 6.45) is -2.59. The molecule has 4 amide bonds. The zero-order valence-electron chi connectivity index (χ0n) is 35.5. The molecule has 326 valence electrons. The molecule has 3 rings (SSSR count). The molecule has 2 aliphatic rings. The first-order chi connectivity index (χ1) is 28.0. The molecule has 1 aromatic rings. The van der Waals surface area contributed by atoms with Crippen LogP contribution in [0.1, 0.15) is 87.2 Å². The molecule has 20 nitrogen and oxygen atoms in total. The summed E-state index contributed by atoms with van der Waals surface area (Å²) < 4.78 is 26.3. The van der Waals surface area contributed by atoms with Gasteiger partial charge < -0.3 is 50.4 Å². The molecule has 6 atom stereocenters. The van der Waals surface area contributed by atoms with Gasteiger partial charge in [-0.15, -0.1) is 0 Å². The molecule has 1 aliphatic carbocycles. The number of ether oxygens (including phenoxy) is 4. The molecule has 1 aromatic carbocycles. The highest BCUT2D eigenvalue weighted by Gasteiger charge is 2.38. The molecule has 3 unspecified atom stereocenters. The molecule has 0 aromatic heterocycles. The number of aromatic nitrogens is 1. The third-order valence-corrected chi connectivity index (χ3v) is 9.49. The molecule has 6 N–H and O–H groups in total. The summed E-state index contributed by atoms with van der Waals surface area (Å²) in [5.41, 5.74) is 3.97. The summed E-state index contributed by atoms with van der Waals surface area (Å²) in [5, 5.41) is 10.0. The number of carbonyl (C=O) groups excluding carboxylic acids is 8. The number of rotatable bonds is 16. The number of benzene rings is 2. The fourth-order valence-electron chi connectivity index (χ4n) is 6.23. The maximum Gasteiger partial charge on any atom is 0.328 e. The smallest absolute Gasteiger partial charge is 0.328 e. The highest BCUT2D eigenvalue weighted by Crippen LogP contribution is 2.34. The zero-order valence-corrected chi connectivity index (χ0v) is 35.5. The summed E-state index contributed by atoms with van der Waals surface area (Å²) >= 11 is 0.